The minimum absolute atomic E-state index is 0.127. The summed E-state index contributed by atoms with van der Waals surface area (Å²) >= 11 is 0. The van der Waals surface area contributed by atoms with Gasteiger partial charge in [-0.05, 0) is 36.6 Å². The van der Waals surface area contributed by atoms with E-state index in [2.05, 4.69) is 6.58 Å². The average Bonchev–Trinajstić information content (AvgIpc) is 2.16. The first kappa shape index (κ1) is 10.5. The molecule has 0 saturated heterocycles. The van der Waals surface area contributed by atoms with Gasteiger partial charge in [0.25, 0.3) is 0 Å². The number of anilines is 1. The Hall–Kier alpha value is -1.57. The number of ketones is 1. The van der Waals surface area contributed by atoms with Crippen molar-refractivity contribution in [2.75, 3.05) is 5.73 Å². The van der Waals surface area contributed by atoms with Gasteiger partial charge in [0.1, 0.15) is 0 Å². The zero-order valence-corrected chi connectivity index (χ0v) is 8.42. The lowest BCUT2D eigenvalue weighted by atomic mass is 10.0. The Labute approximate surface area is 84.4 Å². The van der Waals surface area contributed by atoms with Gasteiger partial charge in [-0.1, -0.05) is 18.7 Å². The highest BCUT2D eigenvalue weighted by Gasteiger charge is 2.02. The first-order valence-electron chi connectivity index (χ1n) is 4.62. The number of carbonyl (C=O) groups excluding carboxylic acids is 1. The molecule has 0 heterocycles. The van der Waals surface area contributed by atoms with Crippen LogP contribution in [0.5, 0.6) is 0 Å². The van der Waals surface area contributed by atoms with Crippen LogP contribution in [-0.4, -0.2) is 5.78 Å². The lowest BCUT2D eigenvalue weighted by Gasteiger charge is -2.01. The molecule has 0 fully saturated rings. The molecule has 2 heteroatoms. The van der Waals surface area contributed by atoms with Crippen LogP contribution in [0.1, 0.15) is 18.9 Å². The number of nitrogen functional groups attached to an aromatic ring is 1. The maximum Gasteiger partial charge on any atom is 0.158 e. The Kier molecular flexibility index (Phi) is 3.46. The van der Waals surface area contributed by atoms with Crippen LogP contribution in [0.3, 0.4) is 0 Å². The van der Waals surface area contributed by atoms with Crippen LogP contribution in [0.2, 0.25) is 0 Å². The lowest BCUT2D eigenvalue weighted by molar-refractivity contribution is -0.115. The molecule has 2 nitrogen and oxygen atoms in total. The molecule has 0 radical (unpaired) electrons. The molecule has 1 aromatic rings. The summed E-state index contributed by atoms with van der Waals surface area (Å²) in [4.78, 5) is 11.3. The molecular formula is C12H15NO. The van der Waals surface area contributed by atoms with Crippen molar-refractivity contribution in [2.45, 2.75) is 19.8 Å². The zero-order valence-electron chi connectivity index (χ0n) is 8.42. The first-order valence-corrected chi connectivity index (χ1v) is 4.62. The Morgan fingerprint density at radius 1 is 1.36 bits per heavy atom. The zero-order chi connectivity index (χ0) is 10.6. The molecule has 0 amide bonds. The third-order valence-electron chi connectivity index (χ3n) is 2.10. The van der Waals surface area contributed by atoms with Gasteiger partial charge in [0, 0.05) is 12.1 Å². The monoisotopic (exact) mass is 189 g/mol. The van der Waals surface area contributed by atoms with Gasteiger partial charge in [-0.15, -0.1) is 0 Å². The first-order chi connectivity index (χ1) is 6.59. The summed E-state index contributed by atoms with van der Waals surface area (Å²) in [6.45, 7) is 5.35. The van der Waals surface area contributed by atoms with Gasteiger partial charge in [-0.25, -0.2) is 0 Å². The molecule has 0 bridgehead atoms. The number of carbonyl (C=O) groups is 1. The van der Waals surface area contributed by atoms with Gasteiger partial charge in [0.2, 0.25) is 0 Å². The molecule has 0 aliphatic rings. The van der Waals surface area contributed by atoms with Crippen molar-refractivity contribution in [1.82, 2.24) is 0 Å². The highest BCUT2D eigenvalue weighted by Crippen LogP contribution is 2.09. The summed E-state index contributed by atoms with van der Waals surface area (Å²) in [5.41, 5.74) is 8.06. The molecule has 2 N–H and O–H groups in total. The van der Waals surface area contributed by atoms with Crippen LogP contribution in [0.15, 0.2) is 36.4 Å². The Morgan fingerprint density at radius 2 is 1.93 bits per heavy atom. The van der Waals surface area contributed by atoms with Gasteiger partial charge in [-0.2, -0.15) is 0 Å². The SMILES string of the molecule is C=C(C)C(=O)CCc1ccc(N)cc1. The van der Waals surface area contributed by atoms with E-state index in [-0.39, 0.29) is 5.78 Å². The summed E-state index contributed by atoms with van der Waals surface area (Å²) in [5.74, 6) is 0.127. The second-order valence-electron chi connectivity index (χ2n) is 3.45. The van der Waals surface area contributed by atoms with Crippen LogP contribution in [0.25, 0.3) is 0 Å². The molecule has 0 aliphatic heterocycles. The molecule has 0 aromatic heterocycles. The fraction of sp³-hybridized carbons (Fsp3) is 0.250. The van der Waals surface area contributed by atoms with Crippen LogP contribution >= 0.6 is 0 Å². The predicted octanol–water partition coefficient (Wildman–Crippen LogP) is 2.35. The van der Waals surface area contributed by atoms with E-state index in [0.29, 0.717) is 12.0 Å². The number of allylic oxidation sites excluding steroid dienone is 1. The maximum atomic E-state index is 11.3. The normalized spacial score (nSPS) is 9.79. The van der Waals surface area contributed by atoms with E-state index in [4.69, 9.17) is 5.73 Å². The van der Waals surface area contributed by atoms with Gasteiger partial charge >= 0.3 is 0 Å². The van der Waals surface area contributed by atoms with Gasteiger partial charge in [0.05, 0.1) is 0 Å². The smallest absolute Gasteiger partial charge is 0.158 e. The Bertz CT molecular complexity index is 338. The van der Waals surface area contributed by atoms with Crippen molar-refractivity contribution >= 4 is 11.5 Å². The van der Waals surface area contributed by atoms with Crippen LogP contribution < -0.4 is 5.73 Å². The minimum Gasteiger partial charge on any atom is -0.399 e. The van der Waals surface area contributed by atoms with E-state index in [1.165, 1.54) is 0 Å². The fourth-order valence-corrected chi connectivity index (χ4v) is 1.16. The number of hydrogen-bond donors (Lipinski definition) is 1. The fourth-order valence-electron chi connectivity index (χ4n) is 1.16. The van der Waals surface area contributed by atoms with Crippen molar-refractivity contribution in [3.63, 3.8) is 0 Å². The second kappa shape index (κ2) is 4.61. The Morgan fingerprint density at radius 3 is 2.43 bits per heavy atom. The molecule has 0 aliphatic carbocycles. The van der Waals surface area contributed by atoms with Gasteiger partial charge < -0.3 is 5.73 Å². The van der Waals surface area contributed by atoms with Gasteiger partial charge in [-0.3, -0.25) is 4.79 Å². The number of aryl methyl sites for hydroxylation is 1. The summed E-state index contributed by atoms with van der Waals surface area (Å²) in [6, 6.07) is 7.59. The third-order valence-corrected chi connectivity index (χ3v) is 2.10. The van der Waals surface area contributed by atoms with Crippen molar-refractivity contribution in [3.05, 3.63) is 42.0 Å². The number of hydrogen-bond acceptors (Lipinski definition) is 2. The lowest BCUT2D eigenvalue weighted by Crippen LogP contribution is -2.00. The van der Waals surface area contributed by atoms with Crippen LogP contribution in [0.4, 0.5) is 5.69 Å². The topological polar surface area (TPSA) is 43.1 Å². The van der Waals surface area contributed by atoms with Crippen LogP contribution in [-0.2, 0) is 11.2 Å². The highest BCUT2D eigenvalue weighted by molar-refractivity contribution is 5.94. The summed E-state index contributed by atoms with van der Waals surface area (Å²) in [7, 11) is 0. The largest absolute Gasteiger partial charge is 0.399 e. The van der Waals surface area contributed by atoms with E-state index >= 15 is 0 Å². The molecule has 0 atom stereocenters. The van der Waals surface area contributed by atoms with E-state index in [1.807, 2.05) is 24.3 Å². The second-order valence-corrected chi connectivity index (χ2v) is 3.45. The standard InChI is InChI=1S/C12H15NO/c1-9(2)12(14)8-5-10-3-6-11(13)7-4-10/h3-4,6-7H,1,5,8,13H2,2H3. The third kappa shape index (κ3) is 3.05. The number of rotatable bonds is 4. The van der Waals surface area contributed by atoms with E-state index < -0.39 is 0 Å². The quantitative estimate of drug-likeness (QED) is 0.583. The number of nitrogens with two attached hydrogens (primary N) is 1. The summed E-state index contributed by atoms with van der Waals surface area (Å²) < 4.78 is 0. The van der Waals surface area contributed by atoms with E-state index in [9.17, 15) is 4.79 Å². The van der Waals surface area contributed by atoms with Crippen molar-refractivity contribution in [2.24, 2.45) is 0 Å². The van der Waals surface area contributed by atoms with Crippen molar-refractivity contribution in [1.29, 1.82) is 0 Å². The maximum absolute atomic E-state index is 11.3. The highest BCUT2D eigenvalue weighted by atomic mass is 16.1. The Balaban J connectivity index is 2.50. The molecule has 1 rings (SSSR count). The average molecular weight is 189 g/mol. The summed E-state index contributed by atoms with van der Waals surface area (Å²) in [6.07, 6.45) is 1.28. The molecule has 0 unspecified atom stereocenters. The van der Waals surface area contributed by atoms with E-state index in [0.717, 1.165) is 17.7 Å². The number of Topliss-reactive ketones (excluding diaryl/α,β-unsaturated/α-hetero) is 1. The molecule has 0 saturated carbocycles. The van der Waals surface area contributed by atoms with Gasteiger partial charge in [0.15, 0.2) is 5.78 Å². The minimum atomic E-state index is 0.127. The van der Waals surface area contributed by atoms with Crippen LogP contribution in [0, 0.1) is 0 Å². The molecule has 0 spiro atoms. The molecule has 74 valence electrons. The summed E-state index contributed by atoms with van der Waals surface area (Å²) in [5, 5.41) is 0. The predicted molar refractivity (Wildman–Crippen MR) is 59.0 cm³/mol. The number of benzene rings is 1. The molecule has 1 aromatic carbocycles. The van der Waals surface area contributed by atoms with E-state index in [1.54, 1.807) is 6.92 Å². The molecule has 14 heavy (non-hydrogen) atoms. The van der Waals surface area contributed by atoms with Crippen molar-refractivity contribution in [3.8, 4) is 0 Å². The molecular weight excluding hydrogens is 174 g/mol. The van der Waals surface area contributed by atoms with Crippen molar-refractivity contribution < 1.29 is 4.79 Å².